The number of hydrogen-bond donors (Lipinski definition) is 1. The molecule has 0 radical (unpaired) electrons. The molecule has 90 valence electrons. The molecule has 0 aromatic rings. The number of nitrogens with zero attached hydrogens (tertiary/aromatic N) is 1. The highest BCUT2D eigenvalue weighted by Gasteiger charge is 2.09. The average molecular weight is 229 g/mol. The minimum Gasteiger partial charge on any atom is -0.512 e. The molecule has 0 aliphatic carbocycles. The van der Waals surface area contributed by atoms with Crippen molar-refractivity contribution in [3.8, 4) is 0 Å². The topological polar surface area (TPSA) is 32.6 Å². The Kier molecular flexibility index (Phi) is 6.34. The highest BCUT2D eigenvalue weighted by molar-refractivity contribution is 5.46. The van der Waals surface area contributed by atoms with Gasteiger partial charge in [0.15, 0.2) is 0 Å². The lowest BCUT2D eigenvalue weighted by atomic mass is 9.96. The molecule has 1 atom stereocenters. The van der Waals surface area contributed by atoms with Gasteiger partial charge in [-0.25, -0.2) is 0 Å². The second kappa shape index (κ2) is 7.23. The standard InChI is InChI=1S/C15H19NO/c1-7-15(13(4)14(5)17)10-12(3)11(2)8-9-16-6/h7-10,13,17H,1-3,5-6H2,4H3/b9-8-,15-10+. The number of aliphatic hydroxyl groups excluding tert-OH is 1. The zero-order valence-corrected chi connectivity index (χ0v) is 10.3. The Balaban J connectivity index is 4.97. The van der Waals surface area contributed by atoms with Crippen molar-refractivity contribution >= 4 is 6.72 Å². The molecule has 0 saturated carbocycles. The van der Waals surface area contributed by atoms with Crippen LogP contribution in [-0.2, 0) is 0 Å². The summed E-state index contributed by atoms with van der Waals surface area (Å²) in [5, 5.41) is 9.34. The van der Waals surface area contributed by atoms with Crippen molar-refractivity contribution < 1.29 is 5.11 Å². The molecule has 1 unspecified atom stereocenters. The predicted molar refractivity (Wildman–Crippen MR) is 76.2 cm³/mol. The minimum atomic E-state index is -0.182. The van der Waals surface area contributed by atoms with Gasteiger partial charge in [0.2, 0.25) is 0 Å². The molecule has 0 amide bonds. The van der Waals surface area contributed by atoms with Crippen LogP contribution in [0.1, 0.15) is 6.92 Å². The summed E-state index contributed by atoms with van der Waals surface area (Å²) in [7, 11) is 0. The smallest absolute Gasteiger partial charge is 0.0922 e. The van der Waals surface area contributed by atoms with Crippen molar-refractivity contribution in [2.75, 3.05) is 0 Å². The maximum Gasteiger partial charge on any atom is 0.0922 e. The van der Waals surface area contributed by atoms with E-state index in [4.69, 9.17) is 0 Å². The lowest BCUT2D eigenvalue weighted by Gasteiger charge is -2.12. The van der Waals surface area contributed by atoms with Crippen LogP contribution in [0.3, 0.4) is 0 Å². The first-order valence-corrected chi connectivity index (χ1v) is 5.16. The van der Waals surface area contributed by atoms with Crippen LogP contribution < -0.4 is 0 Å². The molecule has 0 fully saturated rings. The Bertz CT molecular complexity index is 411. The summed E-state index contributed by atoms with van der Waals surface area (Å²) in [6.07, 6.45) is 6.74. The van der Waals surface area contributed by atoms with Gasteiger partial charge < -0.3 is 5.11 Å². The zero-order chi connectivity index (χ0) is 13.4. The molecule has 0 rings (SSSR count). The van der Waals surface area contributed by atoms with Crippen molar-refractivity contribution in [3.05, 3.63) is 73.2 Å². The van der Waals surface area contributed by atoms with Gasteiger partial charge in [-0.15, -0.1) is 0 Å². The Morgan fingerprint density at radius 3 is 2.24 bits per heavy atom. The predicted octanol–water partition coefficient (Wildman–Crippen LogP) is 4.13. The van der Waals surface area contributed by atoms with Crippen LogP contribution in [0, 0.1) is 5.92 Å². The van der Waals surface area contributed by atoms with Crippen LogP contribution in [-0.4, -0.2) is 11.8 Å². The van der Waals surface area contributed by atoms with Gasteiger partial charge in [0.1, 0.15) is 0 Å². The molecule has 1 N–H and O–H groups in total. The largest absolute Gasteiger partial charge is 0.512 e. The number of hydrogen-bond acceptors (Lipinski definition) is 2. The van der Waals surface area contributed by atoms with Gasteiger partial charge in [0.25, 0.3) is 0 Å². The van der Waals surface area contributed by atoms with Crippen LogP contribution in [0.4, 0.5) is 0 Å². The van der Waals surface area contributed by atoms with E-state index < -0.39 is 0 Å². The number of aliphatic imine (C=N–C) groups is 1. The van der Waals surface area contributed by atoms with E-state index >= 15 is 0 Å². The van der Waals surface area contributed by atoms with Crippen molar-refractivity contribution in [3.63, 3.8) is 0 Å². The lowest BCUT2D eigenvalue weighted by molar-refractivity contribution is 0.364. The van der Waals surface area contributed by atoms with Crippen molar-refractivity contribution in [1.29, 1.82) is 0 Å². The summed E-state index contributed by atoms with van der Waals surface area (Å²) in [6.45, 7) is 20.1. The number of rotatable bonds is 7. The van der Waals surface area contributed by atoms with Crippen LogP contribution in [0.25, 0.3) is 0 Å². The molecular formula is C15H19NO. The van der Waals surface area contributed by atoms with Gasteiger partial charge in [0, 0.05) is 12.1 Å². The quantitative estimate of drug-likeness (QED) is 0.397. The van der Waals surface area contributed by atoms with Crippen LogP contribution in [0.15, 0.2) is 78.2 Å². The third kappa shape index (κ3) is 4.98. The van der Waals surface area contributed by atoms with Gasteiger partial charge in [0.05, 0.1) is 5.76 Å². The van der Waals surface area contributed by atoms with Crippen molar-refractivity contribution in [2.24, 2.45) is 10.9 Å². The fourth-order valence-electron chi connectivity index (χ4n) is 1.10. The van der Waals surface area contributed by atoms with Gasteiger partial charge in [-0.1, -0.05) is 45.4 Å². The second-order valence-electron chi connectivity index (χ2n) is 3.61. The second-order valence-corrected chi connectivity index (χ2v) is 3.61. The summed E-state index contributed by atoms with van der Waals surface area (Å²) in [5.41, 5.74) is 2.30. The number of allylic oxidation sites excluding steroid dienone is 6. The first-order valence-electron chi connectivity index (χ1n) is 5.16. The summed E-state index contributed by atoms with van der Waals surface area (Å²) in [4.78, 5) is 3.59. The third-order valence-electron chi connectivity index (χ3n) is 2.37. The molecule has 2 heteroatoms. The first kappa shape index (κ1) is 14.9. The summed E-state index contributed by atoms with van der Waals surface area (Å²) in [6, 6.07) is 0. The molecular weight excluding hydrogens is 210 g/mol. The molecule has 0 aliphatic heterocycles. The maximum absolute atomic E-state index is 9.34. The molecule has 0 bridgehead atoms. The molecule has 0 heterocycles. The summed E-state index contributed by atoms with van der Waals surface area (Å²) in [5.74, 6) is -0.0866. The highest BCUT2D eigenvalue weighted by Crippen LogP contribution is 2.21. The van der Waals surface area contributed by atoms with E-state index in [2.05, 4.69) is 38.0 Å². The fraction of sp³-hybridized carbons (Fsp3) is 0.133. The maximum atomic E-state index is 9.34. The minimum absolute atomic E-state index is 0.0952. The molecule has 0 aliphatic rings. The molecule has 17 heavy (non-hydrogen) atoms. The average Bonchev–Trinajstić information content (AvgIpc) is 2.31. The fourth-order valence-corrected chi connectivity index (χ4v) is 1.10. The van der Waals surface area contributed by atoms with Gasteiger partial charge in [-0.2, -0.15) is 0 Å². The van der Waals surface area contributed by atoms with Crippen molar-refractivity contribution in [1.82, 2.24) is 0 Å². The normalized spacial score (nSPS) is 13.1. The lowest BCUT2D eigenvalue weighted by Crippen LogP contribution is -2.00. The van der Waals surface area contributed by atoms with E-state index in [0.29, 0.717) is 0 Å². The third-order valence-corrected chi connectivity index (χ3v) is 2.37. The van der Waals surface area contributed by atoms with E-state index in [9.17, 15) is 5.11 Å². The van der Waals surface area contributed by atoms with Crippen LogP contribution in [0.2, 0.25) is 0 Å². The van der Waals surface area contributed by atoms with E-state index in [1.807, 2.05) is 13.0 Å². The molecule has 2 nitrogen and oxygen atoms in total. The SMILES string of the molecule is C=C/C(=C\C(=C)C(=C)/C=C\N=C)C(C)C(=C)O. The summed E-state index contributed by atoms with van der Waals surface area (Å²) >= 11 is 0. The monoisotopic (exact) mass is 229 g/mol. The number of aliphatic hydroxyl groups is 1. The van der Waals surface area contributed by atoms with E-state index in [1.54, 1.807) is 18.4 Å². The van der Waals surface area contributed by atoms with Crippen LogP contribution >= 0.6 is 0 Å². The summed E-state index contributed by atoms with van der Waals surface area (Å²) < 4.78 is 0. The van der Waals surface area contributed by atoms with Crippen molar-refractivity contribution in [2.45, 2.75) is 6.92 Å². The van der Waals surface area contributed by atoms with Gasteiger partial charge in [-0.05, 0) is 29.5 Å². The van der Waals surface area contributed by atoms with Crippen LogP contribution in [0.5, 0.6) is 0 Å². The van der Waals surface area contributed by atoms with E-state index in [0.717, 1.165) is 16.7 Å². The Hall–Kier alpha value is -2.09. The molecule has 0 spiro atoms. The molecule has 0 aromatic carbocycles. The van der Waals surface area contributed by atoms with Gasteiger partial charge >= 0.3 is 0 Å². The van der Waals surface area contributed by atoms with E-state index in [1.165, 1.54) is 0 Å². The van der Waals surface area contributed by atoms with E-state index in [-0.39, 0.29) is 11.7 Å². The Labute approximate surface area is 103 Å². The van der Waals surface area contributed by atoms with Gasteiger partial charge in [-0.3, -0.25) is 4.99 Å². The highest BCUT2D eigenvalue weighted by atomic mass is 16.3. The Morgan fingerprint density at radius 2 is 1.82 bits per heavy atom. The molecule has 0 saturated heterocycles. The molecule has 0 aromatic heterocycles. The zero-order valence-electron chi connectivity index (χ0n) is 10.3. The first-order chi connectivity index (χ1) is 7.93. The Morgan fingerprint density at radius 1 is 1.24 bits per heavy atom.